The van der Waals surface area contributed by atoms with Crippen LogP contribution < -0.4 is 0 Å². The molecule has 21 heavy (non-hydrogen) atoms. The molecule has 0 radical (unpaired) electrons. The molecular formula is C17H17ClN2O. The Morgan fingerprint density at radius 3 is 2.43 bits per heavy atom. The SMILES string of the molecule is Cc1nc2[nH]c(C)c(C)c2c(-c2ccc(Cl)cc2)c1CO. The number of pyridine rings is 1. The van der Waals surface area contributed by atoms with Crippen molar-refractivity contribution in [3.63, 3.8) is 0 Å². The molecule has 2 N–H and O–H groups in total. The summed E-state index contributed by atoms with van der Waals surface area (Å²) in [5.74, 6) is 0. The predicted octanol–water partition coefficient (Wildman–Crippen LogP) is 4.30. The molecule has 4 heteroatoms. The zero-order valence-electron chi connectivity index (χ0n) is 12.3. The number of nitrogens with one attached hydrogen (secondary N) is 1. The van der Waals surface area contributed by atoms with E-state index in [0.29, 0.717) is 5.02 Å². The van der Waals surface area contributed by atoms with Crippen molar-refractivity contribution in [3.8, 4) is 11.1 Å². The number of hydrogen-bond acceptors (Lipinski definition) is 2. The highest BCUT2D eigenvalue weighted by Gasteiger charge is 2.18. The Kier molecular flexibility index (Phi) is 3.47. The minimum atomic E-state index is -0.0313. The number of hydrogen-bond donors (Lipinski definition) is 2. The van der Waals surface area contributed by atoms with Crippen LogP contribution in [-0.4, -0.2) is 15.1 Å². The fourth-order valence-corrected chi connectivity index (χ4v) is 2.91. The van der Waals surface area contributed by atoms with Crippen molar-refractivity contribution in [2.45, 2.75) is 27.4 Å². The maximum absolute atomic E-state index is 9.80. The third kappa shape index (κ3) is 2.23. The van der Waals surface area contributed by atoms with Crippen molar-refractivity contribution in [1.29, 1.82) is 0 Å². The van der Waals surface area contributed by atoms with Gasteiger partial charge in [0.2, 0.25) is 0 Å². The summed E-state index contributed by atoms with van der Waals surface area (Å²) in [6, 6.07) is 7.71. The van der Waals surface area contributed by atoms with Gasteiger partial charge in [-0.05, 0) is 44.0 Å². The van der Waals surface area contributed by atoms with Crippen LogP contribution in [0.15, 0.2) is 24.3 Å². The second kappa shape index (κ2) is 5.17. The average molecular weight is 301 g/mol. The lowest BCUT2D eigenvalue weighted by Gasteiger charge is -2.13. The Balaban J connectivity index is 2.44. The Hall–Kier alpha value is -1.84. The molecule has 0 amide bonds. The van der Waals surface area contributed by atoms with Crippen molar-refractivity contribution < 1.29 is 5.11 Å². The first kappa shape index (κ1) is 14.1. The summed E-state index contributed by atoms with van der Waals surface area (Å²) in [5.41, 5.74) is 6.92. The molecule has 108 valence electrons. The van der Waals surface area contributed by atoms with E-state index in [2.05, 4.69) is 16.9 Å². The molecule has 0 saturated heterocycles. The van der Waals surface area contributed by atoms with Crippen LogP contribution in [0, 0.1) is 20.8 Å². The first-order chi connectivity index (χ1) is 10.0. The van der Waals surface area contributed by atoms with Gasteiger partial charge in [0.05, 0.1) is 6.61 Å². The van der Waals surface area contributed by atoms with E-state index in [0.717, 1.165) is 44.7 Å². The lowest BCUT2D eigenvalue weighted by atomic mass is 9.94. The maximum atomic E-state index is 9.80. The van der Waals surface area contributed by atoms with Crippen molar-refractivity contribution in [1.82, 2.24) is 9.97 Å². The van der Waals surface area contributed by atoms with E-state index in [1.165, 1.54) is 0 Å². The topological polar surface area (TPSA) is 48.9 Å². The van der Waals surface area contributed by atoms with Gasteiger partial charge in [0, 0.05) is 32.9 Å². The molecule has 0 saturated carbocycles. The lowest BCUT2D eigenvalue weighted by molar-refractivity contribution is 0.281. The summed E-state index contributed by atoms with van der Waals surface area (Å²) in [6.07, 6.45) is 0. The summed E-state index contributed by atoms with van der Waals surface area (Å²) < 4.78 is 0. The van der Waals surface area contributed by atoms with Gasteiger partial charge < -0.3 is 10.1 Å². The summed E-state index contributed by atoms with van der Waals surface area (Å²) in [7, 11) is 0. The molecule has 1 aromatic carbocycles. The summed E-state index contributed by atoms with van der Waals surface area (Å²) in [6.45, 7) is 6.01. The fourth-order valence-electron chi connectivity index (χ4n) is 2.78. The molecule has 0 fully saturated rings. The molecule has 0 unspecified atom stereocenters. The van der Waals surface area contributed by atoms with Gasteiger partial charge in [-0.25, -0.2) is 4.98 Å². The first-order valence-corrected chi connectivity index (χ1v) is 7.26. The van der Waals surface area contributed by atoms with Crippen molar-refractivity contribution >= 4 is 22.6 Å². The Morgan fingerprint density at radius 2 is 1.81 bits per heavy atom. The highest BCUT2D eigenvalue weighted by atomic mass is 35.5. The van der Waals surface area contributed by atoms with E-state index in [4.69, 9.17) is 11.6 Å². The van der Waals surface area contributed by atoms with Gasteiger partial charge in [-0.1, -0.05) is 23.7 Å². The van der Waals surface area contributed by atoms with Gasteiger partial charge in [-0.3, -0.25) is 0 Å². The predicted molar refractivity (Wildman–Crippen MR) is 86.7 cm³/mol. The molecule has 3 nitrogen and oxygen atoms in total. The molecule has 0 aliphatic heterocycles. The van der Waals surface area contributed by atoms with Crippen LogP contribution in [0.1, 0.15) is 22.5 Å². The molecule has 0 bridgehead atoms. The van der Waals surface area contributed by atoms with Crippen LogP contribution in [0.3, 0.4) is 0 Å². The number of aliphatic hydroxyl groups is 1. The molecule has 3 aromatic rings. The van der Waals surface area contributed by atoms with Crippen LogP contribution >= 0.6 is 11.6 Å². The van der Waals surface area contributed by atoms with E-state index < -0.39 is 0 Å². The molecule has 0 atom stereocenters. The number of aromatic nitrogens is 2. The second-order valence-corrected chi connectivity index (χ2v) is 5.75. The summed E-state index contributed by atoms with van der Waals surface area (Å²) >= 11 is 5.99. The van der Waals surface area contributed by atoms with Crippen molar-refractivity contribution in [2.75, 3.05) is 0 Å². The monoisotopic (exact) mass is 300 g/mol. The molecule has 0 spiro atoms. The number of benzene rings is 1. The Morgan fingerprint density at radius 1 is 1.14 bits per heavy atom. The minimum Gasteiger partial charge on any atom is -0.392 e. The quantitative estimate of drug-likeness (QED) is 0.741. The Bertz CT molecular complexity index is 819. The third-order valence-electron chi connectivity index (χ3n) is 4.04. The van der Waals surface area contributed by atoms with Crippen LogP contribution in [0.5, 0.6) is 0 Å². The van der Waals surface area contributed by atoms with Crippen LogP contribution in [0.25, 0.3) is 22.2 Å². The first-order valence-electron chi connectivity index (χ1n) is 6.88. The van der Waals surface area contributed by atoms with Crippen molar-refractivity contribution in [2.24, 2.45) is 0 Å². The average Bonchev–Trinajstić information content (AvgIpc) is 2.73. The standard InChI is InChI=1S/C17H17ClN2O/c1-9-10(2)19-17-15(9)16(14(8-21)11(3)20-17)12-4-6-13(18)7-5-12/h4-7,21H,8H2,1-3H3,(H,19,20). The molecule has 2 aromatic heterocycles. The highest BCUT2D eigenvalue weighted by molar-refractivity contribution is 6.30. The smallest absolute Gasteiger partial charge is 0.138 e. The second-order valence-electron chi connectivity index (χ2n) is 5.31. The minimum absolute atomic E-state index is 0.0313. The third-order valence-corrected chi connectivity index (χ3v) is 4.29. The number of halogens is 1. The van der Waals surface area contributed by atoms with E-state index in [1.54, 1.807) is 0 Å². The number of H-pyrrole nitrogens is 1. The maximum Gasteiger partial charge on any atom is 0.138 e. The number of nitrogens with zero attached hydrogens (tertiary/aromatic N) is 1. The lowest BCUT2D eigenvalue weighted by Crippen LogP contribution is -1.98. The number of aromatic amines is 1. The Labute approximate surface area is 128 Å². The fraction of sp³-hybridized carbons (Fsp3) is 0.235. The highest BCUT2D eigenvalue weighted by Crippen LogP contribution is 2.36. The van der Waals surface area contributed by atoms with Gasteiger partial charge in [0.25, 0.3) is 0 Å². The van der Waals surface area contributed by atoms with E-state index in [-0.39, 0.29) is 6.61 Å². The summed E-state index contributed by atoms with van der Waals surface area (Å²) in [4.78, 5) is 7.91. The van der Waals surface area contributed by atoms with Crippen LogP contribution in [0.4, 0.5) is 0 Å². The van der Waals surface area contributed by atoms with Gasteiger partial charge in [-0.2, -0.15) is 0 Å². The number of fused-ring (bicyclic) bond motifs is 1. The van der Waals surface area contributed by atoms with E-state index in [1.807, 2.05) is 38.1 Å². The number of aryl methyl sites for hydroxylation is 3. The number of rotatable bonds is 2. The molecule has 0 aliphatic carbocycles. The zero-order chi connectivity index (χ0) is 15.1. The van der Waals surface area contributed by atoms with E-state index >= 15 is 0 Å². The van der Waals surface area contributed by atoms with Gasteiger partial charge in [-0.15, -0.1) is 0 Å². The normalized spacial score (nSPS) is 11.3. The van der Waals surface area contributed by atoms with Crippen molar-refractivity contribution in [3.05, 3.63) is 51.8 Å². The zero-order valence-corrected chi connectivity index (χ0v) is 13.0. The van der Waals surface area contributed by atoms with Gasteiger partial charge >= 0.3 is 0 Å². The molecule has 0 aliphatic rings. The van der Waals surface area contributed by atoms with Gasteiger partial charge in [0.15, 0.2) is 0 Å². The number of aliphatic hydroxyl groups excluding tert-OH is 1. The molecule has 2 heterocycles. The van der Waals surface area contributed by atoms with Crippen LogP contribution in [0.2, 0.25) is 5.02 Å². The van der Waals surface area contributed by atoms with Gasteiger partial charge in [0.1, 0.15) is 5.65 Å². The largest absolute Gasteiger partial charge is 0.392 e. The molecule has 3 rings (SSSR count). The molecular weight excluding hydrogens is 284 g/mol. The van der Waals surface area contributed by atoms with E-state index in [9.17, 15) is 5.11 Å². The summed E-state index contributed by atoms with van der Waals surface area (Å²) in [5, 5.41) is 11.6. The van der Waals surface area contributed by atoms with Crippen LogP contribution in [-0.2, 0) is 6.61 Å².